The van der Waals surface area contributed by atoms with E-state index in [1.165, 1.54) is 0 Å². The number of hydrogen-bond donors (Lipinski definition) is 1. The molecule has 1 aliphatic rings. The van der Waals surface area contributed by atoms with E-state index in [4.69, 9.17) is 11.6 Å². The van der Waals surface area contributed by atoms with E-state index in [0.29, 0.717) is 37.9 Å². The van der Waals surface area contributed by atoms with Crippen LogP contribution < -0.4 is 0 Å². The number of carbonyl (C=O) groups excluding carboxylic acids is 1. The number of hydrogen-bond acceptors (Lipinski definition) is 3. The second kappa shape index (κ2) is 8.96. The fourth-order valence-electron chi connectivity index (χ4n) is 3.58. The SMILES string of the molecule is O=C(c1ccccc1)C(Cl)CC(F)N1CCC(O)(Cc2ccccc2)CC1. The average molecular weight is 390 g/mol. The Kier molecular flexibility index (Phi) is 6.64. The highest BCUT2D eigenvalue weighted by Crippen LogP contribution is 2.29. The second-order valence-electron chi connectivity index (χ2n) is 7.29. The van der Waals surface area contributed by atoms with Gasteiger partial charge >= 0.3 is 0 Å². The number of aliphatic hydroxyl groups is 1. The quantitative estimate of drug-likeness (QED) is 0.437. The number of benzene rings is 2. The highest BCUT2D eigenvalue weighted by molar-refractivity contribution is 6.33. The molecule has 5 heteroatoms. The lowest BCUT2D eigenvalue weighted by atomic mass is 9.85. The van der Waals surface area contributed by atoms with Crippen molar-refractivity contribution in [1.82, 2.24) is 4.90 Å². The van der Waals surface area contributed by atoms with Gasteiger partial charge in [-0.3, -0.25) is 9.69 Å². The lowest BCUT2D eigenvalue weighted by molar-refractivity contribution is -0.0508. The Bertz CT molecular complexity index is 732. The van der Waals surface area contributed by atoms with Crippen LogP contribution in [-0.4, -0.2) is 46.2 Å². The molecule has 0 spiro atoms. The maximum atomic E-state index is 14.7. The number of halogens is 2. The lowest BCUT2D eigenvalue weighted by Crippen LogP contribution is -2.48. The minimum atomic E-state index is -1.29. The molecule has 0 aromatic heterocycles. The van der Waals surface area contributed by atoms with Gasteiger partial charge in [-0.15, -0.1) is 11.6 Å². The van der Waals surface area contributed by atoms with Gasteiger partial charge in [0.05, 0.1) is 5.60 Å². The number of ketones is 1. The predicted molar refractivity (Wildman–Crippen MR) is 106 cm³/mol. The number of alkyl halides is 2. The van der Waals surface area contributed by atoms with Gasteiger partial charge in [0.25, 0.3) is 0 Å². The molecule has 1 fully saturated rings. The Balaban J connectivity index is 1.51. The third kappa shape index (κ3) is 5.38. The molecule has 1 N–H and O–H groups in total. The van der Waals surface area contributed by atoms with Gasteiger partial charge in [-0.1, -0.05) is 60.7 Å². The molecule has 1 aliphatic heterocycles. The molecular formula is C22H25ClFNO2. The lowest BCUT2D eigenvalue weighted by Gasteiger charge is -2.39. The van der Waals surface area contributed by atoms with Crippen LogP contribution in [0.4, 0.5) is 4.39 Å². The second-order valence-corrected chi connectivity index (χ2v) is 7.82. The molecule has 27 heavy (non-hydrogen) atoms. The summed E-state index contributed by atoms with van der Waals surface area (Å²) in [6.07, 6.45) is 0.237. The molecule has 2 atom stereocenters. The van der Waals surface area contributed by atoms with Crippen molar-refractivity contribution in [3.8, 4) is 0 Å². The number of piperidine rings is 1. The summed E-state index contributed by atoms with van der Waals surface area (Å²) in [5.74, 6) is -0.252. The van der Waals surface area contributed by atoms with Crippen LogP contribution in [0.2, 0.25) is 0 Å². The van der Waals surface area contributed by atoms with Gasteiger partial charge in [-0.25, -0.2) is 4.39 Å². The van der Waals surface area contributed by atoms with E-state index >= 15 is 0 Å². The Labute approximate surface area is 164 Å². The van der Waals surface area contributed by atoms with Crippen LogP contribution in [0.3, 0.4) is 0 Å². The van der Waals surface area contributed by atoms with E-state index in [-0.39, 0.29) is 12.2 Å². The molecule has 3 rings (SSSR count). The Morgan fingerprint density at radius 2 is 1.63 bits per heavy atom. The molecule has 3 nitrogen and oxygen atoms in total. The summed E-state index contributed by atoms with van der Waals surface area (Å²) < 4.78 is 14.7. The summed E-state index contributed by atoms with van der Waals surface area (Å²) >= 11 is 6.18. The van der Waals surface area contributed by atoms with Crippen molar-refractivity contribution in [1.29, 1.82) is 0 Å². The topological polar surface area (TPSA) is 40.5 Å². The zero-order valence-corrected chi connectivity index (χ0v) is 16.0. The first-order chi connectivity index (χ1) is 13.0. The van der Waals surface area contributed by atoms with Gasteiger partial charge in [0.2, 0.25) is 0 Å². The smallest absolute Gasteiger partial charge is 0.180 e. The minimum Gasteiger partial charge on any atom is -0.389 e. The number of carbonyl (C=O) groups is 1. The highest BCUT2D eigenvalue weighted by Gasteiger charge is 2.35. The molecule has 1 heterocycles. The number of rotatable bonds is 7. The Morgan fingerprint density at radius 1 is 1.07 bits per heavy atom. The van der Waals surface area contributed by atoms with E-state index < -0.39 is 17.3 Å². The van der Waals surface area contributed by atoms with Crippen molar-refractivity contribution >= 4 is 17.4 Å². The van der Waals surface area contributed by atoms with Crippen LogP contribution in [0.25, 0.3) is 0 Å². The molecule has 0 amide bonds. The standard InChI is InChI=1S/C22H25ClFNO2/c23-19(21(26)18-9-5-2-6-10-18)15-20(24)25-13-11-22(27,12-14-25)16-17-7-3-1-4-8-17/h1-10,19-20,27H,11-16H2. The van der Waals surface area contributed by atoms with Gasteiger partial charge in [0.15, 0.2) is 12.1 Å². The molecular weight excluding hydrogens is 365 g/mol. The summed E-state index contributed by atoms with van der Waals surface area (Å²) in [5, 5.41) is 9.92. The monoisotopic (exact) mass is 389 g/mol. The third-order valence-corrected chi connectivity index (χ3v) is 5.62. The van der Waals surface area contributed by atoms with Crippen LogP contribution in [0, 0.1) is 0 Å². The molecule has 0 radical (unpaired) electrons. The molecule has 2 aromatic rings. The van der Waals surface area contributed by atoms with Crippen LogP contribution in [-0.2, 0) is 6.42 Å². The molecule has 0 bridgehead atoms. The van der Waals surface area contributed by atoms with Gasteiger partial charge in [-0.2, -0.15) is 0 Å². The van der Waals surface area contributed by atoms with Crippen molar-refractivity contribution in [2.24, 2.45) is 0 Å². The van der Waals surface area contributed by atoms with Gasteiger partial charge in [0.1, 0.15) is 5.38 Å². The molecule has 0 aliphatic carbocycles. The zero-order chi connectivity index (χ0) is 19.3. The van der Waals surface area contributed by atoms with Gasteiger partial charge in [0, 0.05) is 31.5 Å². The van der Waals surface area contributed by atoms with E-state index in [1.807, 2.05) is 36.4 Å². The molecule has 1 saturated heterocycles. The normalized spacial score (nSPS) is 19.4. The first-order valence-electron chi connectivity index (χ1n) is 9.35. The predicted octanol–water partition coefficient (Wildman–Crippen LogP) is 4.23. The van der Waals surface area contributed by atoms with Gasteiger partial charge < -0.3 is 5.11 Å². The van der Waals surface area contributed by atoms with E-state index in [0.717, 1.165) is 5.56 Å². The summed E-state index contributed by atoms with van der Waals surface area (Å²) in [6, 6.07) is 18.6. The minimum absolute atomic E-state index is 0.0492. The number of nitrogens with zero attached hydrogens (tertiary/aromatic N) is 1. The van der Waals surface area contributed by atoms with Gasteiger partial charge in [-0.05, 0) is 18.4 Å². The fourth-order valence-corrected chi connectivity index (χ4v) is 3.86. The number of Topliss-reactive ketones (excluding diaryl/α,β-unsaturated/α-hetero) is 1. The van der Waals surface area contributed by atoms with E-state index in [9.17, 15) is 14.3 Å². The number of likely N-dealkylation sites (tertiary alicyclic amines) is 1. The molecule has 2 unspecified atom stereocenters. The van der Waals surface area contributed by atoms with Crippen molar-refractivity contribution in [3.05, 3.63) is 71.8 Å². The highest BCUT2D eigenvalue weighted by atomic mass is 35.5. The first kappa shape index (κ1) is 20.0. The molecule has 0 saturated carbocycles. The van der Waals surface area contributed by atoms with Crippen molar-refractivity contribution in [3.63, 3.8) is 0 Å². The zero-order valence-electron chi connectivity index (χ0n) is 15.2. The van der Waals surface area contributed by atoms with Crippen LogP contribution in [0.15, 0.2) is 60.7 Å². The molecule has 144 valence electrons. The van der Waals surface area contributed by atoms with E-state index in [1.54, 1.807) is 29.2 Å². The Hall–Kier alpha value is -1.75. The largest absolute Gasteiger partial charge is 0.389 e. The van der Waals surface area contributed by atoms with Crippen molar-refractivity contribution in [2.75, 3.05) is 13.1 Å². The van der Waals surface area contributed by atoms with Crippen molar-refractivity contribution < 1.29 is 14.3 Å². The van der Waals surface area contributed by atoms with Crippen LogP contribution >= 0.6 is 11.6 Å². The maximum absolute atomic E-state index is 14.7. The summed E-state index contributed by atoms with van der Waals surface area (Å²) in [4.78, 5) is 14.0. The average Bonchev–Trinajstić information content (AvgIpc) is 2.69. The third-order valence-electron chi connectivity index (χ3n) is 5.25. The maximum Gasteiger partial charge on any atom is 0.180 e. The van der Waals surface area contributed by atoms with Crippen LogP contribution in [0.1, 0.15) is 35.2 Å². The van der Waals surface area contributed by atoms with E-state index in [2.05, 4.69) is 0 Å². The summed E-state index contributed by atoms with van der Waals surface area (Å²) in [7, 11) is 0. The van der Waals surface area contributed by atoms with Crippen molar-refractivity contribution in [2.45, 2.75) is 43.0 Å². The summed E-state index contributed by atoms with van der Waals surface area (Å²) in [6.45, 7) is 0.904. The summed E-state index contributed by atoms with van der Waals surface area (Å²) in [5.41, 5.74) is 0.776. The fraction of sp³-hybridized carbons (Fsp3) is 0.409. The Morgan fingerprint density at radius 3 is 2.22 bits per heavy atom. The molecule has 2 aromatic carbocycles. The van der Waals surface area contributed by atoms with Crippen LogP contribution in [0.5, 0.6) is 0 Å². The first-order valence-corrected chi connectivity index (χ1v) is 9.78.